The van der Waals surface area contributed by atoms with Crippen molar-refractivity contribution in [1.82, 2.24) is 0 Å². The molecule has 0 atom stereocenters. The highest BCUT2D eigenvalue weighted by Crippen LogP contribution is 2.40. The summed E-state index contributed by atoms with van der Waals surface area (Å²) in [6, 6.07) is 18.2. The number of hydrogen-bond donors (Lipinski definition) is 0. The van der Waals surface area contributed by atoms with Gasteiger partial charge in [-0.25, -0.2) is 0 Å². The zero-order valence-corrected chi connectivity index (χ0v) is 12.7. The lowest BCUT2D eigenvalue weighted by Gasteiger charge is -2.15. The first-order valence-corrected chi connectivity index (χ1v) is 7.82. The third-order valence-corrected chi connectivity index (χ3v) is 3.91. The third kappa shape index (κ3) is 4.31. The molecule has 0 aromatic heterocycles. The van der Waals surface area contributed by atoms with Gasteiger partial charge in [0.2, 0.25) is 0 Å². The Kier molecular flexibility index (Phi) is 6.00. The van der Waals surface area contributed by atoms with Crippen molar-refractivity contribution < 1.29 is 13.6 Å². The van der Waals surface area contributed by atoms with E-state index in [1.165, 1.54) is 5.56 Å². The summed E-state index contributed by atoms with van der Waals surface area (Å²) < 4.78 is 16.5. The average Bonchev–Trinajstić information content (AvgIpc) is 2.49. The highest BCUT2D eigenvalue weighted by Gasteiger charge is 2.12. The van der Waals surface area contributed by atoms with Crippen LogP contribution in [0.2, 0.25) is 0 Å². The molecule has 0 aliphatic rings. The van der Waals surface area contributed by atoms with Gasteiger partial charge in [-0.1, -0.05) is 42.5 Å². The molecule has 2 rings (SSSR count). The van der Waals surface area contributed by atoms with Gasteiger partial charge in [-0.05, 0) is 37.1 Å². The van der Waals surface area contributed by atoms with E-state index in [0.717, 1.165) is 11.3 Å². The van der Waals surface area contributed by atoms with Crippen LogP contribution in [0.25, 0.3) is 11.1 Å². The summed E-state index contributed by atoms with van der Waals surface area (Å²) in [5, 5.41) is 0. The summed E-state index contributed by atoms with van der Waals surface area (Å²) in [7, 11) is -1.30. The van der Waals surface area contributed by atoms with Crippen molar-refractivity contribution in [2.45, 2.75) is 13.8 Å². The molecule has 0 aliphatic carbocycles. The first-order chi connectivity index (χ1) is 9.83. The van der Waals surface area contributed by atoms with Gasteiger partial charge in [0.25, 0.3) is 0 Å². The summed E-state index contributed by atoms with van der Waals surface area (Å²) >= 11 is 0. The van der Waals surface area contributed by atoms with Gasteiger partial charge in [-0.15, -0.1) is 0 Å². The number of rotatable bonds is 7. The van der Waals surface area contributed by atoms with E-state index in [4.69, 9.17) is 13.6 Å². The van der Waals surface area contributed by atoms with E-state index < -0.39 is 8.60 Å². The molecule has 2 aromatic carbocycles. The molecule has 0 amide bonds. The molecule has 20 heavy (non-hydrogen) atoms. The molecule has 0 spiro atoms. The maximum atomic E-state index is 5.71. The largest absolute Gasteiger partial charge is 0.427 e. The topological polar surface area (TPSA) is 27.7 Å². The van der Waals surface area contributed by atoms with Gasteiger partial charge in [0.1, 0.15) is 5.75 Å². The summed E-state index contributed by atoms with van der Waals surface area (Å²) in [5.74, 6) is 0.762. The van der Waals surface area contributed by atoms with Crippen molar-refractivity contribution in [2.24, 2.45) is 0 Å². The molecule has 4 heteroatoms. The lowest BCUT2D eigenvalue weighted by Crippen LogP contribution is -1.97. The zero-order chi connectivity index (χ0) is 14.2. The van der Waals surface area contributed by atoms with Crippen molar-refractivity contribution in [3.63, 3.8) is 0 Å². The monoisotopic (exact) mass is 290 g/mol. The smallest absolute Gasteiger partial charge is 0.397 e. The predicted molar refractivity (Wildman–Crippen MR) is 82.7 cm³/mol. The van der Waals surface area contributed by atoms with Crippen molar-refractivity contribution in [3.05, 3.63) is 54.6 Å². The second-order valence-electron chi connectivity index (χ2n) is 4.04. The fourth-order valence-corrected chi connectivity index (χ4v) is 2.62. The van der Waals surface area contributed by atoms with Crippen LogP contribution >= 0.6 is 8.60 Å². The predicted octanol–water partition coefficient (Wildman–Crippen LogP) is 5.03. The van der Waals surface area contributed by atoms with E-state index in [-0.39, 0.29) is 0 Å². The second kappa shape index (κ2) is 8.01. The molecule has 0 aliphatic heterocycles. The molecule has 0 radical (unpaired) electrons. The Morgan fingerprint density at radius 3 is 1.85 bits per heavy atom. The van der Waals surface area contributed by atoms with Crippen LogP contribution in [-0.2, 0) is 9.05 Å². The molecule has 0 fully saturated rings. The van der Waals surface area contributed by atoms with Crippen molar-refractivity contribution >= 4 is 8.60 Å². The van der Waals surface area contributed by atoms with Crippen LogP contribution in [0.15, 0.2) is 54.6 Å². The molecule has 0 heterocycles. The summed E-state index contributed by atoms with van der Waals surface area (Å²) in [6.45, 7) is 5.01. The van der Waals surface area contributed by atoms with Crippen LogP contribution in [0.4, 0.5) is 0 Å². The second-order valence-corrected chi connectivity index (χ2v) is 5.19. The van der Waals surface area contributed by atoms with Gasteiger partial charge in [0.15, 0.2) is 0 Å². The minimum absolute atomic E-state index is 0.577. The van der Waals surface area contributed by atoms with E-state index in [1.54, 1.807) is 0 Å². The first-order valence-electron chi connectivity index (χ1n) is 6.73. The third-order valence-electron chi connectivity index (χ3n) is 2.61. The standard InChI is InChI=1S/C16H19O3P/c1-3-17-20(18-4-2)19-16-12-10-15(11-13-16)14-8-6-5-7-9-14/h5-13H,3-4H2,1-2H3. The SMILES string of the molecule is CCOP(OCC)Oc1ccc(-c2ccccc2)cc1. The Balaban J connectivity index is 2.04. The highest BCUT2D eigenvalue weighted by molar-refractivity contribution is 7.42. The molecule has 106 valence electrons. The zero-order valence-electron chi connectivity index (χ0n) is 11.8. The lowest BCUT2D eigenvalue weighted by molar-refractivity contribution is 0.221. The van der Waals surface area contributed by atoms with Crippen LogP contribution in [0.5, 0.6) is 5.75 Å². The van der Waals surface area contributed by atoms with E-state index in [2.05, 4.69) is 12.1 Å². The van der Waals surface area contributed by atoms with Crippen molar-refractivity contribution in [1.29, 1.82) is 0 Å². The Hall–Kier alpha value is -1.41. The number of benzene rings is 2. The molecule has 0 unspecified atom stereocenters. The molecule has 0 saturated carbocycles. The van der Waals surface area contributed by atoms with Crippen LogP contribution in [0.1, 0.15) is 13.8 Å². The number of hydrogen-bond acceptors (Lipinski definition) is 3. The summed E-state index contributed by atoms with van der Waals surface area (Å²) in [4.78, 5) is 0. The van der Waals surface area contributed by atoms with Crippen molar-refractivity contribution in [3.8, 4) is 16.9 Å². The van der Waals surface area contributed by atoms with E-state index >= 15 is 0 Å². The maximum Gasteiger partial charge on any atom is 0.397 e. The lowest BCUT2D eigenvalue weighted by atomic mass is 10.1. The first kappa shape index (κ1) is 15.0. The fraction of sp³-hybridized carbons (Fsp3) is 0.250. The molecular weight excluding hydrogens is 271 g/mol. The molecular formula is C16H19O3P. The molecule has 3 nitrogen and oxygen atoms in total. The Labute approximate surface area is 121 Å². The van der Waals surface area contributed by atoms with Gasteiger partial charge in [-0.3, -0.25) is 0 Å². The molecule has 2 aromatic rings. The molecule has 0 N–H and O–H groups in total. The van der Waals surface area contributed by atoms with E-state index in [1.807, 2.05) is 56.3 Å². The minimum atomic E-state index is -1.30. The van der Waals surface area contributed by atoms with Crippen LogP contribution < -0.4 is 4.52 Å². The van der Waals surface area contributed by atoms with Crippen LogP contribution in [0.3, 0.4) is 0 Å². The van der Waals surface area contributed by atoms with E-state index in [0.29, 0.717) is 13.2 Å². The van der Waals surface area contributed by atoms with Gasteiger partial charge >= 0.3 is 8.60 Å². The van der Waals surface area contributed by atoms with Gasteiger partial charge in [-0.2, -0.15) is 0 Å². The van der Waals surface area contributed by atoms with Crippen LogP contribution in [-0.4, -0.2) is 13.2 Å². The van der Waals surface area contributed by atoms with Gasteiger partial charge in [0, 0.05) is 0 Å². The Morgan fingerprint density at radius 2 is 1.30 bits per heavy atom. The van der Waals surface area contributed by atoms with Crippen LogP contribution in [0, 0.1) is 0 Å². The van der Waals surface area contributed by atoms with Gasteiger partial charge < -0.3 is 13.6 Å². The van der Waals surface area contributed by atoms with E-state index in [9.17, 15) is 0 Å². The Bertz CT molecular complexity index is 493. The normalized spacial score (nSPS) is 10.8. The fourth-order valence-electron chi connectivity index (χ4n) is 1.73. The summed E-state index contributed by atoms with van der Waals surface area (Å²) in [6.07, 6.45) is 0. The highest BCUT2D eigenvalue weighted by atomic mass is 31.2. The quantitative estimate of drug-likeness (QED) is 0.669. The van der Waals surface area contributed by atoms with Gasteiger partial charge in [0.05, 0.1) is 13.2 Å². The average molecular weight is 290 g/mol. The van der Waals surface area contributed by atoms with Crippen molar-refractivity contribution in [2.75, 3.05) is 13.2 Å². The Morgan fingerprint density at radius 1 is 0.750 bits per heavy atom. The maximum absolute atomic E-state index is 5.71. The summed E-state index contributed by atoms with van der Waals surface area (Å²) in [5.41, 5.74) is 2.35. The molecule has 0 bridgehead atoms. The minimum Gasteiger partial charge on any atom is -0.427 e. The molecule has 0 saturated heterocycles.